The van der Waals surface area contributed by atoms with Gasteiger partial charge in [-0.25, -0.2) is 4.79 Å². The van der Waals surface area contributed by atoms with Crippen molar-refractivity contribution in [2.75, 3.05) is 5.32 Å². The van der Waals surface area contributed by atoms with Crippen molar-refractivity contribution in [3.05, 3.63) is 62.6 Å². The Hall–Kier alpha value is -1.71. The molecule has 1 aliphatic rings. The fourth-order valence-corrected chi connectivity index (χ4v) is 3.86. The normalized spacial score (nSPS) is 19.8. The number of carboxylic acids is 1. The van der Waals surface area contributed by atoms with Gasteiger partial charge in [0.2, 0.25) is 0 Å². The molecular formula is C18H17Cl2NO2. The van der Waals surface area contributed by atoms with E-state index in [0.717, 1.165) is 22.3 Å². The van der Waals surface area contributed by atoms with E-state index in [2.05, 4.69) is 23.5 Å². The highest BCUT2D eigenvalue weighted by molar-refractivity contribution is 6.35. The summed E-state index contributed by atoms with van der Waals surface area (Å²) < 4.78 is 0. The number of halogens is 2. The summed E-state index contributed by atoms with van der Waals surface area (Å²) in [5, 5.41) is 13.6. The predicted octanol–water partition coefficient (Wildman–Crippen LogP) is 5.01. The van der Waals surface area contributed by atoms with Crippen LogP contribution in [0.3, 0.4) is 0 Å². The Bertz CT molecular complexity index is 789. The van der Waals surface area contributed by atoms with Crippen molar-refractivity contribution >= 4 is 34.9 Å². The molecule has 2 aromatic rings. The first-order valence-electron chi connectivity index (χ1n) is 7.42. The number of aliphatic carboxylic acids is 1. The molecule has 0 fully saturated rings. The molecule has 1 heterocycles. The summed E-state index contributed by atoms with van der Waals surface area (Å²) in [6.07, 6.45) is 0.452. The van der Waals surface area contributed by atoms with E-state index in [1.807, 2.05) is 13.8 Å². The number of hydrogen-bond acceptors (Lipinski definition) is 2. The Morgan fingerprint density at radius 2 is 1.96 bits per heavy atom. The predicted molar refractivity (Wildman–Crippen MR) is 93.9 cm³/mol. The highest BCUT2D eigenvalue weighted by Gasteiger charge is 2.34. The summed E-state index contributed by atoms with van der Waals surface area (Å²) in [7, 11) is 0. The van der Waals surface area contributed by atoms with Crippen LogP contribution in [-0.2, 0) is 4.79 Å². The summed E-state index contributed by atoms with van der Waals surface area (Å²) >= 11 is 12.5. The molecule has 0 spiro atoms. The average molecular weight is 350 g/mol. The van der Waals surface area contributed by atoms with Crippen LogP contribution in [0.2, 0.25) is 10.0 Å². The third kappa shape index (κ3) is 3.04. The van der Waals surface area contributed by atoms with Gasteiger partial charge in [0.25, 0.3) is 0 Å². The topological polar surface area (TPSA) is 49.3 Å². The molecular weight excluding hydrogens is 333 g/mol. The maximum Gasteiger partial charge on any atom is 0.326 e. The highest BCUT2D eigenvalue weighted by atomic mass is 35.5. The standard InChI is InChI=1S/C18H17Cl2NO2/c1-9-3-4-10(2)12(5-9)13-8-16(18(22)23)21-15-7-11(19)6-14(20)17(13)15/h3-7,13,16,21H,8H2,1-2H3,(H,22,23). The minimum Gasteiger partial charge on any atom is -0.480 e. The lowest BCUT2D eigenvalue weighted by Gasteiger charge is -2.33. The third-order valence-electron chi connectivity index (χ3n) is 4.35. The molecule has 2 atom stereocenters. The van der Waals surface area contributed by atoms with E-state index in [-0.39, 0.29) is 5.92 Å². The maximum atomic E-state index is 11.5. The van der Waals surface area contributed by atoms with E-state index in [1.165, 1.54) is 0 Å². The summed E-state index contributed by atoms with van der Waals surface area (Å²) in [6.45, 7) is 4.07. The second-order valence-corrected chi connectivity index (χ2v) is 6.88. The molecule has 0 aromatic heterocycles. The molecule has 120 valence electrons. The molecule has 5 heteroatoms. The Kier molecular flexibility index (Phi) is 4.26. The number of anilines is 1. The van der Waals surface area contributed by atoms with Crippen molar-refractivity contribution < 1.29 is 9.90 Å². The molecule has 3 nitrogen and oxygen atoms in total. The molecule has 1 aliphatic heterocycles. The fourth-order valence-electron chi connectivity index (χ4n) is 3.24. The first-order chi connectivity index (χ1) is 10.9. The SMILES string of the molecule is Cc1ccc(C)c(C2CC(C(=O)O)Nc3cc(Cl)cc(Cl)c32)c1. The average Bonchev–Trinajstić information content (AvgIpc) is 2.48. The number of rotatable bonds is 2. The van der Waals surface area contributed by atoms with Gasteiger partial charge in [0, 0.05) is 27.2 Å². The zero-order chi connectivity index (χ0) is 16.7. The molecule has 2 unspecified atom stereocenters. The van der Waals surface area contributed by atoms with Gasteiger partial charge in [-0.15, -0.1) is 0 Å². The first-order valence-corrected chi connectivity index (χ1v) is 8.18. The van der Waals surface area contributed by atoms with Gasteiger partial charge < -0.3 is 10.4 Å². The fraction of sp³-hybridized carbons (Fsp3) is 0.278. The summed E-state index contributed by atoms with van der Waals surface area (Å²) in [5.74, 6) is -0.945. The van der Waals surface area contributed by atoms with Gasteiger partial charge in [-0.1, -0.05) is 47.0 Å². The third-order valence-corrected chi connectivity index (χ3v) is 4.88. The molecule has 2 N–H and O–H groups in total. The van der Waals surface area contributed by atoms with Crippen LogP contribution >= 0.6 is 23.2 Å². The Morgan fingerprint density at radius 3 is 2.65 bits per heavy atom. The van der Waals surface area contributed by atoms with Crippen molar-refractivity contribution in [2.45, 2.75) is 32.2 Å². The molecule has 0 amide bonds. The van der Waals surface area contributed by atoms with Crippen LogP contribution in [0, 0.1) is 13.8 Å². The lowest BCUT2D eigenvalue weighted by atomic mass is 9.80. The first kappa shape index (κ1) is 16.2. The molecule has 2 aromatic carbocycles. The van der Waals surface area contributed by atoms with Crippen LogP contribution < -0.4 is 5.32 Å². The highest BCUT2D eigenvalue weighted by Crippen LogP contribution is 2.45. The van der Waals surface area contributed by atoms with E-state index in [9.17, 15) is 9.90 Å². The minimum atomic E-state index is -0.873. The van der Waals surface area contributed by atoms with Crippen LogP contribution in [0.1, 0.15) is 34.6 Å². The molecule has 0 radical (unpaired) electrons. The van der Waals surface area contributed by atoms with Crippen molar-refractivity contribution in [3.63, 3.8) is 0 Å². The summed E-state index contributed by atoms with van der Waals surface area (Å²) in [6, 6.07) is 9.02. The lowest BCUT2D eigenvalue weighted by molar-refractivity contribution is -0.138. The molecule has 0 bridgehead atoms. The lowest BCUT2D eigenvalue weighted by Crippen LogP contribution is -2.35. The van der Waals surface area contributed by atoms with Gasteiger partial charge in [0.1, 0.15) is 6.04 Å². The molecule has 0 saturated heterocycles. The van der Waals surface area contributed by atoms with E-state index < -0.39 is 12.0 Å². The van der Waals surface area contributed by atoms with Crippen molar-refractivity contribution in [1.82, 2.24) is 0 Å². The summed E-state index contributed by atoms with van der Waals surface area (Å²) in [5.41, 5.74) is 5.00. The zero-order valence-electron chi connectivity index (χ0n) is 12.9. The molecule has 0 aliphatic carbocycles. The quantitative estimate of drug-likeness (QED) is 0.800. The molecule has 0 saturated carbocycles. The smallest absolute Gasteiger partial charge is 0.326 e. The van der Waals surface area contributed by atoms with Crippen molar-refractivity contribution in [3.8, 4) is 0 Å². The maximum absolute atomic E-state index is 11.5. The van der Waals surface area contributed by atoms with Crippen LogP contribution in [0.5, 0.6) is 0 Å². The summed E-state index contributed by atoms with van der Waals surface area (Å²) in [4.78, 5) is 11.5. The Balaban J connectivity index is 2.20. The number of nitrogens with one attached hydrogen (secondary N) is 1. The van der Waals surface area contributed by atoms with Crippen LogP contribution in [0.25, 0.3) is 0 Å². The second-order valence-electron chi connectivity index (χ2n) is 6.03. The second kappa shape index (κ2) is 6.06. The van der Waals surface area contributed by atoms with Gasteiger partial charge >= 0.3 is 5.97 Å². The van der Waals surface area contributed by atoms with Gasteiger partial charge in [-0.2, -0.15) is 0 Å². The number of carbonyl (C=O) groups is 1. The van der Waals surface area contributed by atoms with Gasteiger partial charge in [-0.05, 0) is 43.5 Å². The van der Waals surface area contributed by atoms with Crippen LogP contribution in [0.4, 0.5) is 5.69 Å². The van der Waals surface area contributed by atoms with Crippen LogP contribution in [-0.4, -0.2) is 17.1 Å². The van der Waals surface area contributed by atoms with E-state index in [4.69, 9.17) is 23.2 Å². The monoisotopic (exact) mass is 349 g/mol. The van der Waals surface area contributed by atoms with E-state index in [0.29, 0.717) is 22.2 Å². The van der Waals surface area contributed by atoms with Gasteiger partial charge in [0.05, 0.1) is 0 Å². The van der Waals surface area contributed by atoms with E-state index >= 15 is 0 Å². The van der Waals surface area contributed by atoms with Gasteiger partial charge in [0.15, 0.2) is 0 Å². The largest absolute Gasteiger partial charge is 0.480 e. The Labute approximate surface area is 145 Å². The number of carboxylic acid groups (broad SMARTS) is 1. The minimum absolute atomic E-state index is 0.0722. The number of benzene rings is 2. The van der Waals surface area contributed by atoms with E-state index in [1.54, 1.807) is 12.1 Å². The zero-order valence-corrected chi connectivity index (χ0v) is 14.4. The Morgan fingerprint density at radius 1 is 1.22 bits per heavy atom. The number of fused-ring (bicyclic) bond motifs is 1. The number of hydrogen-bond donors (Lipinski definition) is 2. The van der Waals surface area contributed by atoms with Crippen molar-refractivity contribution in [1.29, 1.82) is 0 Å². The molecule has 23 heavy (non-hydrogen) atoms. The van der Waals surface area contributed by atoms with Crippen LogP contribution in [0.15, 0.2) is 30.3 Å². The number of aryl methyl sites for hydroxylation is 2. The molecule has 3 rings (SSSR count). The van der Waals surface area contributed by atoms with Gasteiger partial charge in [-0.3, -0.25) is 0 Å². The van der Waals surface area contributed by atoms with Crippen molar-refractivity contribution in [2.24, 2.45) is 0 Å².